The lowest BCUT2D eigenvalue weighted by atomic mass is 10.2. The maximum atomic E-state index is 12.3. The third-order valence-electron chi connectivity index (χ3n) is 2.87. The van der Waals surface area contributed by atoms with Crippen molar-refractivity contribution in [2.24, 2.45) is 0 Å². The van der Waals surface area contributed by atoms with E-state index in [2.05, 4.69) is 5.32 Å². The molecule has 0 radical (unpaired) electrons. The van der Waals surface area contributed by atoms with Crippen LogP contribution < -0.4 is 5.32 Å². The maximum absolute atomic E-state index is 12.3. The lowest BCUT2D eigenvalue weighted by Crippen LogP contribution is -2.46. The molecule has 1 aromatic carbocycles. The largest absolute Gasteiger partial charge is 0.338 e. The number of amides is 2. The summed E-state index contributed by atoms with van der Waals surface area (Å²) in [4.78, 5) is 11.9. The van der Waals surface area contributed by atoms with Crippen molar-refractivity contribution in [1.82, 2.24) is 8.28 Å². The second-order valence-electron chi connectivity index (χ2n) is 4.12. The molecule has 0 saturated heterocycles. The number of benzene rings is 1. The molecule has 0 spiro atoms. The maximum Gasteiger partial charge on any atom is 0.338 e. The van der Waals surface area contributed by atoms with Gasteiger partial charge in [-0.2, -0.15) is 12.7 Å². The van der Waals surface area contributed by atoms with Crippen LogP contribution >= 0.6 is 0 Å². The summed E-state index contributed by atoms with van der Waals surface area (Å²) in [6.07, 6.45) is 1.40. The van der Waals surface area contributed by atoms with E-state index in [-0.39, 0.29) is 12.4 Å². The zero-order chi connectivity index (χ0) is 13.5. The molecule has 1 aliphatic heterocycles. The van der Waals surface area contributed by atoms with Gasteiger partial charge in [-0.05, 0) is 17.7 Å². The van der Waals surface area contributed by atoms with E-state index in [9.17, 15) is 13.2 Å². The van der Waals surface area contributed by atoms with E-state index in [0.29, 0.717) is 0 Å². The van der Waals surface area contributed by atoms with Gasteiger partial charge in [0.2, 0.25) is 0 Å². The van der Waals surface area contributed by atoms with Crippen molar-refractivity contribution in [2.75, 3.05) is 5.32 Å². The molecule has 0 saturated carbocycles. The minimum absolute atomic E-state index is 0.00657. The van der Waals surface area contributed by atoms with Crippen molar-refractivity contribution in [3.8, 4) is 0 Å². The first-order valence-electron chi connectivity index (χ1n) is 5.64. The van der Waals surface area contributed by atoms with Crippen LogP contribution in [-0.4, -0.2) is 22.7 Å². The molecule has 6 nitrogen and oxygen atoms in total. The fourth-order valence-corrected chi connectivity index (χ4v) is 3.31. The number of nitrogens with one attached hydrogen (secondary N) is 1. The second kappa shape index (κ2) is 4.13. The predicted molar refractivity (Wildman–Crippen MR) is 69.8 cm³/mol. The zero-order valence-corrected chi connectivity index (χ0v) is 10.7. The minimum Gasteiger partial charge on any atom is -0.292 e. The first kappa shape index (κ1) is 11.8. The molecule has 1 aliphatic rings. The smallest absolute Gasteiger partial charge is 0.292 e. The van der Waals surface area contributed by atoms with Gasteiger partial charge in [0.25, 0.3) is 0 Å². The third-order valence-corrected chi connectivity index (χ3v) is 4.54. The Hall–Kier alpha value is -2.28. The van der Waals surface area contributed by atoms with Crippen LogP contribution in [0.5, 0.6) is 0 Å². The van der Waals surface area contributed by atoms with E-state index >= 15 is 0 Å². The van der Waals surface area contributed by atoms with Crippen LogP contribution in [0.2, 0.25) is 0 Å². The highest BCUT2D eigenvalue weighted by molar-refractivity contribution is 7.88. The van der Waals surface area contributed by atoms with Gasteiger partial charge in [-0.15, -0.1) is 0 Å². The van der Waals surface area contributed by atoms with E-state index < -0.39 is 16.2 Å². The predicted octanol–water partition coefficient (Wildman–Crippen LogP) is 1.63. The molecule has 2 aromatic rings. The van der Waals surface area contributed by atoms with E-state index in [1.165, 1.54) is 12.3 Å². The van der Waals surface area contributed by atoms with E-state index in [4.69, 9.17) is 0 Å². The molecule has 0 unspecified atom stereocenters. The Morgan fingerprint density at radius 1 is 1.05 bits per heavy atom. The number of rotatable bonds is 2. The zero-order valence-electron chi connectivity index (χ0n) is 9.85. The Bertz CT molecular complexity index is 722. The highest BCUT2D eigenvalue weighted by Gasteiger charge is 2.35. The van der Waals surface area contributed by atoms with Crippen molar-refractivity contribution in [2.45, 2.75) is 6.54 Å². The fraction of sp³-hybridized carbons (Fsp3) is 0.0833. The molecule has 7 heteroatoms. The van der Waals surface area contributed by atoms with Crippen LogP contribution in [0.15, 0.2) is 48.7 Å². The van der Waals surface area contributed by atoms with Crippen LogP contribution in [0, 0.1) is 0 Å². The molecule has 2 heterocycles. The summed E-state index contributed by atoms with van der Waals surface area (Å²) >= 11 is 0. The Morgan fingerprint density at radius 3 is 2.53 bits per heavy atom. The molecule has 3 rings (SSSR count). The second-order valence-corrected chi connectivity index (χ2v) is 5.85. The highest BCUT2D eigenvalue weighted by Crippen LogP contribution is 2.23. The van der Waals surface area contributed by atoms with Crippen molar-refractivity contribution in [1.29, 1.82) is 0 Å². The molecule has 1 N–H and O–H groups in total. The Morgan fingerprint density at radius 2 is 1.79 bits per heavy atom. The molecular formula is C12H11N3O3S. The summed E-state index contributed by atoms with van der Waals surface area (Å²) in [6.45, 7) is 0.00657. The van der Waals surface area contributed by atoms with Crippen LogP contribution in [0.1, 0.15) is 5.56 Å². The summed E-state index contributed by atoms with van der Waals surface area (Å²) in [5.74, 6) is 0.259. The van der Waals surface area contributed by atoms with Gasteiger partial charge >= 0.3 is 16.2 Å². The molecule has 19 heavy (non-hydrogen) atoms. The van der Waals surface area contributed by atoms with E-state index in [1.54, 1.807) is 30.3 Å². The Kier molecular flexibility index (Phi) is 2.56. The number of anilines is 1. The normalized spacial score (nSPS) is 16.8. The van der Waals surface area contributed by atoms with Gasteiger partial charge in [-0.1, -0.05) is 30.3 Å². The first-order chi connectivity index (χ1) is 9.09. The molecular weight excluding hydrogens is 266 g/mol. The number of urea groups is 1. The van der Waals surface area contributed by atoms with Gasteiger partial charge in [0.05, 0.1) is 6.54 Å². The molecule has 1 aromatic heterocycles. The molecule has 0 fully saturated rings. The number of fused-ring (bicyclic) bond motifs is 1. The molecule has 98 valence electrons. The topological polar surface area (TPSA) is 71.4 Å². The van der Waals surface area contributed by atoms with Crippen molar-refractivity contribution >= 4 is 22.1 Å². The number of carbonyl (C=O) groups excluding carboxylic acids is 1. The average molecular weight is 277 g/mol. The van der Waals surface area contributed by atoms with Gasteiger partial charge in [-0.25, -0.2) is 8.77 Å². The quantitative estimate of drug-likeness (QED) is 0.906. The SMILES string of the molecule is O=C1Nc2cccn2S(=O)(=O)N1Cc1ccccc1. The minimum atomic E-state index is -3.85. The summed E-state index contributed by atoms with van der Waals surface area (Å²) in [5.41, 5.74) is 0.747. The number of hydrogen-bond donors (Lipinski definition) is 1. The lowest BCUT2D eigenvalue weighted by molar-refractivity contribution is 0.233. The lowest BCUT2D eigenvalue weighted by Gasteiger charge is -2.28. The van der Waals surface area contributed by atoms with Gasteiger partial charge in [0.15, 0.2) is 0 Å². The van der Waals surface area contributed by atoms with Gasteiger partial charge in [-0.3, -0.25) is 5.32 Å². The Labute approximate surface area is 110 Å². The van der Waals surface area contributed by atoms with Gasteiger partial charge in [0.1, 0.15) is 5.82 Å². The molecule has 0 atom stereocenters. The average Bonchev–Trinajstić information content (AvgIpc) is 2.85. The standard InChI is InChI=1S/C12H11N3O3S/c16-12-13-11-7-4-8-14(11)19(17,18)15(12)9-10-5-2-1-3-6-10/h1-8H,9H2,(H,13,16). The van der Waals surface area contributed by atoms with Crippen LogP contribution in [0.25, 0.3) is 0 Å². The van der Waals surface area contributed by atoms with Crippen LogP contribution in [0.3, 0.4) is 0 Å². The summed E-state index contributed by atoms with van der Waals surface area (Å²) < 4.78 is 26.5. The monoisotopic (exact) mass is 277 g/mol. The number of carbonyl (C=O) groups is 1. The first-order valence-corrected chi connectivity index (χ1v) is 7.04. The summed E-state index contributed by atoms with van der Waals surface area (Å²) in [7, 11) is -3.85. The van der Waals surface area contributed by atoms with Crippen molar-refractivity contribution in [3.05, 3.63) is 54.2 Å². The Balaban J connectivity index is 2.01. The van der Waals surface area contributed by atoms with E-state index in [0.717, 1.165) is 13.8 Å². The number of aromatic nitrogens is 1. The molecule has 0 bridgehead atoms. The van der Waals surface area contributed by atoms with Crippen LogP contribution in [0.4, 0.5) is 10.6 Å². The summed E-state index contributed by atoms with van der Waals surface area (Å²) in [5, 5.41) is 2.54. The number of nitrogens with zero attached hydrogens (tertiary/aromatic N) is 2. The van der Waals surface area contributed by atoms with Gasteiger partial charge in [0, 0.05) is 6.20 Å². The van der Waals surface area contributed by atoms with Gasteiger partial charge < -0.3 is 0 Å². The van der Waals surface area contributed by atoms with Crippen molar-refractivity contribution < 1.29 is 13.2 Å². The van der Waals surface area contributed by atoms with E-state index in [1.807, 2.05) is 6.07 Å². The highest BCUT2D eigenvalue weighted by atomic mass is 32.2. The molecule has 0 aliphatic carbocycles. The summed E-state index contributed by atoms with van der Waals surface area (Å²) in [6, 6.07) is 11.4. The molecule has 2 amide bonds. The van der Waals surface area contributed by atoms with Crippen LogP contribution in [-0.2, 0) is 16.8 Å². The fourth-order valence-electron chi connectivity index (χ4n) is 1.95. The third kappa shape index (κ3) is 1.88. The van der Waals surface area contributed by atoms with Crippen molar-refractivity contribution in [3.63, 3.8) is 0 Å². The number of hydrogen-bond acceptors (Lipinski definition) is 3.